The van der Waals surface area contributed by atoms with E-state index >= 15 is 0 Å². The molecule has 0 saturated heterocycles. The van der Waals surface area contributed by atoms with Crippen LogP contribution >= 0.6 is 22.7 Å². The second-order valence-corrected chi connectivity index (χ2v) is 14.3. The molecular weight excluding hydrogens is 669 g/mol. The third kappa shape index (κ3) is 8.51. The standard InChI is InChI=1S/C40H40N2O6S2/c1-41(2)37(21-19-35-33(23-25-49-35)45-31-17-9-13-27-11-5-7-15-29(27)31)47-39(43)40(44)48-38(42(3)4)22-20-36-34(24-26-50-36)46-32-18-10-14-28-12-6-8-16-30(28)32/h5-18,23-26,37-38H,19-22H2,1-4H3/t37-,38-/m0/s1. The number of aryl methyl sites for hydroxylation is 2. The van der Waals surface area contributed by atoms with Crippen molar-refractivity contribution in [1.82, 2.24) is 9.80 Å². The largest absolute Gasteiger partial charge is 0.456 e. The van der Waals surface area contributed by atoms with Crippen molar-refractivity contribution in [1.29, 1.82) is 0 Å². The van der Waals surface area contributed by atoms with Gasteiger partial charge in [-0.3, -0.25) is 9.80 Å². The van der Waals surface area contributed by atoms with Gasteiger partial charge in [0.15, 0.2) is 12.5 Å². The summed E-state index contributed by atoms with van der Waals surface area (Å²) < 4.78 is 24.1. The van der Waals surface area contributed by atoms with Gasteiger partial charge in [-0.25, -0.2) is 9.59 Å². The predicted molar refractivity (Wildman–Crippen MR) is 200 cm³/mol. The summed E-state index contributed by atoms with van der Waals surface area (Å²) in [5, 5.41) is 8.25. The lowest BCUT2D eigenvalue weighted by atomic mass is 10.1. The van der Waals surface area contributed by atoms with Gasteiger partial charge in [0.1, 0.15) is 23.0 Å². The van der Waals surface area contributed by atoms with Crippen LogP contribution in [0.3, 0.4) is 0 Å². The number of carbonyl (C=O) groups excluding carboxylic acids is 2. The Bertz CT molecular complexity index is 1910. The van der Waals surface area contributed by atoms with Crippen molar-refractivity contribution < 1.29 is 28.5 Å². The van der Waals surface area contributed by atoms with E-state index in [-0.39, 0.29) is 0 Å². The predicted octanol–water partition coefficient (Wildman–Crippen LogP) is 9.13. The maximum atomic E-state index is 13.0. The first-order valence-electron chi connectivity index (χ1n) is 16.4. The van der Waals surface area contributed by atoms with Crippen molar-refractivity contribution in [3.63, 3.8) is 0 Å². The van der Waals surface area contributed by atoms with E-state index in [1.54, 1.807) is 32.5 Å². The van der Waals surface area contributed by atoms with E-state index in [2.05, 4.69) is 24.3 Å². The average Bonchev–Trinajstić information content (AvgIpc) is 3.77. The zero-order valence-corrected chi connectivity index (χ0v) is 30.2. The topological polar surface area (TPSA) is 77.5 Å². The van der Waals surface area contributed by atoms with Gasteiger partial charge in [-0.2, -0.15) is 0 Å². The number of hydrogen-bond acceptors (Lipinski definition) is 10. The minimum absolute atomic E-state index is 0.466. The molecule has 0 bridgehead atoms. The molecule has 4 aromatic carbocycles. The number of fused-ring (bicyclic) bond motifs is 2. The van der Waals surface area contributed by atoms with E-state index in [0.29, 0.717) is 25.7 Å². The molecule has 0 N–H and O–H groups in total. The maximum Gasteiger partial charge on any atom is 0.419 e. The van der Waals surface area contributed by atoms with Crippen LogP contribution in [0, 0.1) is 0 Å². The van der Waals surface area contributed by atoms with E-state index in [1.165, 1.54) is 0 Å². The molecular formula is C40H40N2O6S2. The van der Waals surface area contributed by atoms with Crippen molar-refractivity contribution >= 4 is 56.2 Å². The van der Waals surface area contributed by atoms with Crippen LogP contribution in [0.2, 0.25) is 0 Å². The highest BCUT2D eigenvalue weighted by Crippen LogP contribution is 2.36. The van der Waals surface area contributed by atoms with E-state index in [1.807, 2.05) is 112 Å². The minimum atomic E-state index is -1.02. The molecule has 0 fully saturated rings. The Morgan fingerprint density at radius 3 is 1.36 bits per heavy atom. The molecule has 0 amide bonds. The molecule has 2 aromatic heterocycles. The Kier molecular flexibility index (Phi) is 11.5. The molecule has 10 heteroatoms. The fourth-order valence-corrected chi connectivity index (χ4v) is 7.34. The molecule has 258 valence electrons. The van der Waals surface area contributed by atoms with Gasteiger partial charge in [-0.05, 0) is 86.8 Å². The summed E-state index contributed by atoms with van der Waals surface area (Å²) in [7, 11) is 7.25. The van der Waals surface area contributed by atoms with Crippen LogP contribution < -0.4 is 9.47 Å². The first-order valence-corrected chi connectivity index (χ1v) is 18.2. The second-order valence-electron chi connectivity index (χ2n) is 12.3. The number of thiophene rings is 2. The number of benzene rings is 4. The van der Waals surface area contributed by atoms with Crippen LogP contribution in [0.1, 0.15) is 22.6 Å². The number of hydrogen-bond donors (Lipinski definition) is 0. The molecule has 50 heavy (non-hydrogen) atoms. The summed E-state index contributed by atoms with van der Waals surface area (Å²) in [6, 6.07) is 32.1. The van der Waals surface area contributed by atoms with Gasteiger partial charge in [-0.1, -0.05) is 72.8 Å². The van der Waals surface area contributed by atoms with E-state index < -0.39 is 24.4 Å². The highest BCUT2D eigenvalue weighted by Gasteiger charge is 2.28. The monoisotopic (exact) mass is 708 g/mol. The molecule has 0 aliphatic rings. The van der Waals surface area contributed by atoms with Gasteiger partial charge in [0.2, 0.25) is 0 Å². The average molecular weight is 709 g/mol. The highest BCUT2D eigenvalue weighted by molar-refractivity contribution is 7.10. The van der Waals surface area contributed by atoms with Crippen molar-refractivity contribution in [2.24, 2.45) is 0 Å². The number of carbonyl (C=O) groups is 2. The van der Waals surface area contributed by atoms with Crippen LogP contribution in [-0.4, -0.2) is 62.4 Å². The molecule has 8 nitrogen and oxygen atoms in total. The molecule has 6 rings (SSSR count). The summed E-state index contributed by atoms with van der Waals surface area (Å²) >= 11 is 3.16. The molecule has 6 aromatic rings. The van der Waals surface area contributed by atoms with E-state index in [9.17, 15) is 9.59 Å². The summed E-state index contributed by atoms with van der Waals surface area (Å²) in [5.74, 6) is 1.04. The molecule has 2 atom stereocenters. The molecule has 0 unspecified atom stereocenters. The SMILES string of the molecule is CN(C)[C@H](CCc1sccc1Oc1cccc2ccccc12)OC(=O)C(=O)O[C@@H](CCc1sccc1Oc1cccc2ccccc12)N(C)C. The lowest BCUT2D eigenvalue weighted by Gasteiger charge is -2.26. The first kappa shape index (κ1) is 35.1. The van der Waals surface area contributed by atoms with Gasteiger partial charge < -0.3 is 18.9 Å². The Labute approximate surface area is 300 Å². The fourth-order valence-electron chi connectivity index (χ4n) is 5.71. The number of ether oxygens (including phenoxy) is 4. The lowest BCUT2D eigenvalue weighted by molar-refractivity contribution is -0.183. The summed E-state index contributed by atoms with van der Waals surface area (Å²) in [4.78, 5) is 31.7. The maximum absolute atomic E-state index is 13.0. The fraction of sp³-hybridized carbons (Fsp3) is 0.250. The first-order chi connectivity index (χ1) is 24.3. The molecule has 0 spiro atoms. The molecule has 0 aliphatic heterocycles. The van der Waals surface area contributed by atoms with Crippen molar-refractivity contribution in [2.45, 2.75) is 38.1 Å². The summed E-state index contributed by atoms with van der Waals surface area (Å²) in [6.45, 7) is 0. The van der Waals surface area contributed by atoms with Crippen LogP contribution in [0.25, 0.3) is 21.5 Å². The van der Waals surface area contributed by atoms with Crippen LogP contribution in [0.5, 0.6) is 23.0 Å². The smallest absolute Gasteiger partial charge is 0.419 e. The third-order valence-corrected chi connectivity index (χ3v) is 10.3. The quantitative estimate of drug-likeness (QED) is 0.0630. The normalized spacial score (nSPS) is 12.7. The molecule has 0 aliphatic carbocycles. The number of nitrogens with zero attached hydrogens (tertiary/aromatic N) is 2. The van der Waals surface area contributed by atoms with Gasteiger partial charge >= 0.3 is 11.9 Å². The van der Waals surface area contributed by atoms with Crippen LogP contribution in [0.15, 0.2) is 108 Å². The summed E-state index contributed by atoms with van der Waals surface area (Å²) in [6.07, 6.45) is 0.835. The Morgan fingerprint density at radius 2 is 0.940 bits per heavy atom. The molecule has 2 heterocycles. The Morgan fingerprint density at radius 1 is 0.540 bits per heavy atom. The molecule has 0 saturated carbocycles. The van der Waals surface area contributed by atoms with Crippen molar-refractivity contribution in [2.75, 3.05) is 28.2 Å². The van der Waals surface area contributed by atoms with Gasteiger partial charge in [-0.15, -0.1) is 22.7 Å². The zero-order chi connectivity index (χ0) is 35.0. The lowest BCUT2D eigenvalue weighted by Crippen LogP contribution is -2.39. The minimum Gasteiger partial charge on any atom is -0.456 e. The van der Waals surface area contributed by atoms with Crippen molar-refractivity contribution in [3.05, 3.63) is 118 Å². The Balaban J connectivity index is 1.04. The van der Waals surface area contributed by atoms with Gasteiger partial charge in [0.25, 0.3) is 0 Å². The van der Waals surface area contributed by atoms with Gasteiger partial charge in [0.05, 0.1) is 0 Å². The van der Waals surface area contributed by atoms with Crippen LogP contribution in [0.4, 0.5) is 0 Å². The van der Waals surface area contributed by atoms with Crippen molar-refractivity contribution in [3.8, 4) is 23.0 Å². The van der Waals surface area contributed by atoms with E-state index in [4.69, 9.17) is 18.9 Å². The van der Waals surface area contributed by atoms with Gasteiger partial charge in [0, 0.05) is 33.4 Å². The third-order valence-electron chi connectivity index (χ3n) is 8.39. The number of esters is 2. The summed E-state index contributed by atoms with van der Waals surface area (Å²) in [5.41, 5.74) is 0. The zero-order valence-electron chi connectivity index (χ0n) is 28.5. The highest BCUT2D eigenvalue weighted by atomic mass is 32.1. The number of rotatable bonds is 14. The second kappa shape index (κ2) is 16.3. The van der Waals surface area contributed by atoms with E-state index in [0.717, 1.165) is 54.3 Å². The Hall–Kier alpha value is -4.74. The van der Waals surface area contributed by atoms with Crippen LogP contribution in [-0.2, 0) is 31.9 Å². The molecule has 0 radical (unpaired) electrons.